The van der Waals surface area contributed by atoms with Gasteiger partial charge in [-0.1, -0.05) is 40.0 Å². The van der Waals surface area contributed by atoms with Gasteiger partial charge in [-0.25, -0.2) is 0 Å². The van der Waals surface area contributed by atoms with Crippen molar-refractivity contribution in [3.05, 3.63) is 0 Å². The first-order valence-corrected chi connectivity index (χ1v) is 8.67. The molecule has 0 aliphatic heterocycles. The van der Waals surface area contributed by atoms with Crippen molar-refractivity contribution in [1.29, 1.82) is 0 Å². The normalized spacial score (nSPS) is 16.1. The molecule has 0 bridgehead atoms. The highest BCUT2D eigenvalue weighted by Gasteiger charge is 2.37. The van der Waals surface area contributed by atoms with E-state index in [-0.39, 0.29) is 18.7 Å². The van der Waals surface area contributed by atoms with Crippen LogP contribution in [0.4, 0.5) is 0 Å². The summed E-state index contributed by atoms with van der Waals surface area (Å²) in [5.41, 5.74) is 17.6. The van der Waals surface area contributed by atoms with E-state index in [0.29, 0.717) is 0 Å². The van der Waals surface area contributed by atoms with E-state index >= 15 is 0 Å². The molecule has 0 aliphatic rings. The molecule has 0 radical (unpaired) electrons. The zero-order valence-electron chi connectivity index (χ0n) is 12.5. The quantitative estimate of drug-likeness (QED) is 0.369. The molecule has 0 saturated heterocycles. The maximum atomic E-state index is 5.86. The highest BCUT2D eigenvalue weighted by Crippen LogP contribution is 2.07. The molecule has 0 amide bonds. The van der Waals surface area contributed by atoms with Gasteiger partial charge >= 0.3 is 15.1 Å². The Balaban J connectivity index is 4.28. The standard InChI is InChI=1S/3C4H10NO.Al/c3*1-2-3-4(5)6;/h3*4H,2-3,5H2,1H3;/q3*-1;+3. The van der Waals surface area contributed by atoms with Crippen LogP contribution in [0.2, 0.25) is 0 Å². The molecule has 0 aliphatic carbocycles. The highest BCUT2D eigenvalue weighted by atomic mass is 27.3. The van der Waals surface area contributed by atoms with Gasteiger partial charge in [-0.3, -0.25) is 0 Å². The monoisotopic (exact) mass is 291 g/mol. The van der Waals surface area contributed by atoms with Crippen LogP contribution in [0, 0.1) is 0 Å². The molecule has 0 aromatic rings. The van der Waals surface area contributed by atoms with E-state index < -0.39 is 15.1 Å². The van der Waals surface area contributed by atoms with Crippen molar-refractivity contribution in [3.63, 3.8) is 0 Å². The second-order valence-corrected chi connectivity index (χ2v) is 6.07. The van der Waals surface area contributed by atoms with E-state index in [9.17, 15) is 0 Å². The molecule has 0 aromatic carbocycles. The van der Waals surface area contributed by atoms with Gasteiger partial charge in [-0.05, 0) is 19.3 Å². The molecule has 3 unspecified atom stereocenters. The topological polar surface area (TPSA) is 106 Å². The van der Waals surface area contributed by atoms with Crippen LogP contribution in [-0.2, 0) is 11.4 Å². The summed E-state index contributed by atoms with van der Waals surface area (Å²) in [5, 5.41) is 0. The lowest BCUT2D eigenvalue weighted by Gasteiger charge is -2.23. The zero-order chi connectivity index (χ0) is 14.7. The molecular formula is C12H30AlN3O3. The summed E-state index contributed by atoms with van der Waals surface area (Å²) in [6, 6.07) is 0. The van der Waals surface area contributed by atoms with Gasteiger partial charge in [-0.2, -0.15) is 0 Å². The zero-order valence-corrected chi connectivity index (χ0v) is 13.7. The van der Waals surface area contributed by atoms with E-state index in [2.05, 4.69) is 0 Å². The van der Waals surface area contributed by atoms with Gasteiger partial charge in [0.1, 0.15) is 0 Å². The Morgan fingerprint density at radius 2 is 0.947 bits per heavy atom. The van der Waals surface area contributed by atoms with E-state index in [1.165, 1.54) is 0 Å². The molecule has 6 N–H and O–H groups in total. The summed E-state index contributed by atoms with van der Waals surface area (Å²) in [6.07, 6.45) is 4.03. The number of hydrogen-bond donors (Lipinski definition) is 3. The molecule has 0 aromatic heterocycles. The Morgan fingerprint density at radius 3 is 1.16 bits per heavy atom. The number of nitrogens with two attached hydrogens (primary N) is 3. The minimum Gasteiger partial charge on any atom is -0.440 e. The number of rotatable bonds is 12. The largest absolute Gasteiger partial charge is 0.908 e. The first-order valence-electron chi connectivity index (χ1n) is 7.26. The molecule has 0 heterocycles. The predicted molar refractivity (Wildman–Crippen MR) is 77.7 cm³/mol. The van der Waals surface area contributed by atoms with E-state index in [4.69, 9.17) is 28.6 Å². The van der Waals surface area contributed by atoms with Crippen LogP contribution >= 0.6 is 0 Å². The maximum Gasteiger partial charge on any atom is 0.908 e. The van der Waals surface area contributed by atoms with E-state index in [1.807, 2.05) is 20.8 Å². The molecule has 7 heteroatoms. The second kappa shape index (κ2) is 12.1. The van der Waals surface area contributed by atoms with Crippen molar-refractivity contribution >= 4 is 15.1 Å². The first kappa shape index (κ1) is 19.3. The fourth-order valence-electron chi connectivity index (χ4n) is 1.58. The van der Waals surface area contributed by atoms with Gasteiger partial charge in [0.2, 0.25) is 0 Å². The lowest BCUT2D eigenvalue weighted by Crippen LogP contribution is -2.45. The van der Waals surface area contributed by atoms with Crippen LogP contribution in [0.25, 0.3) is 0 Å². The van der Waals surface area contributed by atoms with Gasteiger partial charge in [-0.15, -0.1) is 0 Å². The van der Waals surface area contributed by atoms with Gasteiger partial charge in [0.25, 0.3) is 0 Å². The van der Waals surface area contributed by atoms with Gasteiger partial charge < -0.3 is 28.6 Å². The minimum absolute atomic E-state index is 0.371. The molecule has 0 saturated carbocycles. The van der Waals surface area contributed by atoms with Crippen LogP contribution in [0.1, 0.15) is 59.3 Å². The van der Waals surface area contributed by atoms with Crippen LogP contribution < -0.4 is 17.2 Å². The fourth-order valence-corrected chi connectivity index (χ4v) is 3.04. The molecule has 0 fully saturated rings. The third-order valence-corrected chi connectivity index (χ3v) is 4.29. The van der Waals surface area contributed by atoms with E-state index in [0.717, 1.165) is 38.5 Å². The van der Waals surface area contributed by atoms with Gasteiger partial charge in [0.15, 0.2) is 0 Å². The summed E-state index contributed by atoms with van der Waals surface area (Å²) in [6.45, 7) is 6.15. The van der Waals surface area contributed by atoms with Crippen LogP contribution in [0.3, 0.4) is 0 Å². The first-order chi connectivity index (χ1) is 9.03. The third kappa shape index (κ3) is 10.7. The smallest absolute Gasteiger partial charge is 0.440 e. The summed E-state index contributed by atoms with van der Waals surface area (Å²) in [7, 11) is 0. The molecule has 19 heavy (non-hydrogen) atoms. The van der Waals surface area contributed by atoms with Crippen molar-refractivity contribution in [2.24, 2.45) is 17.2 Å². The Morgan fingerprint density at radius 1 is 0.684 bits per heavy atom. The average Bonchev–Trinajstić information content (AvgIpc) is 2.29. The predicted octanol–water partition coefficient (Wildman–Crippen LogP) is 1.28. The van der Waals surface area contributed by atoms with Gasteiger partial charge in [0.05, 0.1) is 18.7 Å². The van der Waals surface area contributed by atoms with Crippen LogP contribution in [0.5, 0.6) is 0 Å². The Labute approximate surface area is 122 Å². The highest BCUT2D eigenvalue weighted by molar-refractivity contribution is 6.36. The molecule has 6 nitrogen and oxygen atoms in total. The van der Waals surface area contributed by atoms with E-state index in [1.54, 1.807) is 0 Å². The van der Waals surface area contributed by atoms with Crippen molar-refractivity contribution in [2.75, 3.05) is 0 Å². The summed E-state index contributed by atoms with van der Waals surface area (Å²) in [5.74, 6) is 0. The maximum absolute atomic E-state index is 5.86. The molecule has 0 rings (SSSR count). The third-order valence-electron chi connectivity index (χ3n) is 2.58. The van der Waals surface area contributed by atoms with Gasteiger partial charge in [0, 0.05) is 0 Å². The lowest BCUT2D eigenvalue weighted by atomic mass is 10.3. The van der Waals surface area contributed by atoms with Crippen LogP contribution in [-0.4, -0.2) is 33.8 Å². The summed E-state index contributed by atoms with van der Waals surface area (Å²) in [4.78, 5) is 0. The van der Waals surface area contributed by atoms with Crippen molar-refractivity contribution in [3.8, 4) is 0 Å². The van der Waals surface area contributed by atoms with Crippen LogP contribution in [0.15, 0.2) is 0 Å². The Bertz CT molecular complexity index is 179. The minimum atomic E-state index is -2.38. The Kier molecular flexibility index (Phi) is 12.3. The van der Waals surface area contributed by atoms with Crippen molar-refractivity contribution in [1.82, 2.24) is 0 Å². The molecule has 0 spiro atoms. The SMILES string of the molecule is CCCC(N)[O][Al]([O]C(N)CCC)[O]C(N)CCC. The molecule has 114 valence electrons. The fraction of sp³-hybridized carbons (Fsp3) is 1.00. The Hall–Kier alpha value is 0.292. The van der Waals surface area contributed by atoms with Crippen molar-refractivity contribution < 1.29 is 11.4 Å². The molecular weight excluding hydrogens is 261 g/mol. The van der Waals surface area contributed by atoms with Crippen molar-refractivity contribution in [2.45, 2.75) is 78.0 Å². The second-order valence-electron chi connectivity index (χ2n) is 4.68. The summed E-state index contributed by atoms with van der Waals surface area (Å²) < 4.78 is 16.9. The average molecular weight is 291 g/mol. The summed E-state index contributed by atoms with van der Waals surface area (Å²) >= 11 is -2.38. The lowest BCUT2D eigenvalue weighted by molar-refractivity contribution is 0.00611. The molecule has 3 atom stereocenters. The number of hydrogen-bond acceptors (Lipinski definition) is 6.